The van der Waals surface area contributed by atoms with Crippen molar-refractivity contribution in [3.8, 4) is 5.69 Å². The number of amides is 1. The van der Waals surface area contributed by atoms with E-state index in [4.69, 9.17) is 17.3 Å². The largest absolute Gasteiger partial charge is 0.434 e. The fourth-order valence-corrected chi connectivity index (χ4v) is 2.54. The third-order valence-corrected chi connectivity index (χ3v) is 4.61. The molecular formula is C17H21Cl2F3N4O. The molecule has 0 atom stereocenters. The van der Waals surface area contributed by atoms with Gasteiger partial charge >= 0.3 is 6.18 Å². The molecule has 10 heteroatoms. The molecule has 0 aliphatic heterocycles. The number of carbonyl (C=O) groups excluding carboxylic acids is 1. The number of aromatic nitrogens is 2. The number of hydrogen-bond acceptors (Lipinski definition) is 3. The highest BCUT2D eigenvalue weighted by Gasteiger charge is 2.40. The van der Waals surface area contributed by atoms with Gasteiger partial charge in [-0.15, -0.1) is 12.4 Å². The highest BCUT2D eigenvalue weighted by molar-refractivity contribution is 6.30. The first-order valence-electron chi connectivity index (χ1n) is 8.09. The Hall–Kier alpha value is -1.77. The maximum Gasteiger partial charge on any atom is 0.434 e. The number of carbonyl (C=O) groups is 1. The third kappa shape index (κ3) is 5.37. The summed E-state index contributed by atoms with van der Waals surface area (Å²) in [5.41, 5.74) is 3.87. The number of alkyl halides is 3. The molecule has 0 spiro atoms. The molecule has 0 saturated heterocycles. The van der Waals surface area contributed by atoms with E-state index in [-0.39, 0.29) is 24.6 Å². The Morgan fingerprint density at radius 1 is 1.22 bits per heavy atom. The number of benzene rings is 1. The lowest BCUT2D eigenvalue weighted by Crippen LogP contribution is -2.49. The SMILES string of the molecule is CCC(N)(CC)CNC(=O)c1cnn(-c2ccc(Cl)cc2)c1C(F)(F)F.Cl. The fourth-order valence-electron chi connectivity index (χ4n) is 2.42. The van der Waals surface area contributed by atoms with E-state index in [1.807, 2.05) is 13.8 Å². The minimum absolute atomic E-state index is 0. The van der Waals surface area contributed by atoms with Gasteiger partial charge in [-0.2, -0.15) is 18.3 Å². The summed E-state index contributed by atoms with van der Waals surface area (Å²) in [5.74, 6) is -0.866. The Kier molecular flexibility index (Phi) is 7.71. The van der Waals surface area contributed by atoms with Crippen molar-refractivity contribution in [3.05, 3.63) is 46.7 Å². The first-order chi connectivity index (χ1) is 12.1. The molecule has 0 saturated carbocycles. The van der Waals surface area contributed by atoms with Crippen LogP contribution in [0.2, 0.25) is 5.02 Å². The molecule has 27 heavy (non-hydrogen) atoms. The van der Waals surface area contributed by atoms with Crippen molar-refractivity contribution in [2.24, 2.45) is 5.73 Å². The molecule has 2 rings (SSSR count). The standard InChI is InChI=1S/C17H20ClF3N4O.ClH/c1-3-16(22,4-2)10-23-15(26)13-9-24-25(14(13)17(19,20)21)12-7-5-11(18)6-8-12;/h5-9H,3-4,10,22H2,1-2H3,(H,23,26);1H. The number of rotatable bonds is 6. The minimum atomic E-state index is -4.77. The summed E-state index contributed by atoms with van der Waals surface area (Å²) in [5, 5.41) is 6.62. The van der Waals surface area contributed by atoms with Gasteiger partial charge in [0.1, 0.15) is 0 Å². The van der Waals surface area contributed by atoms with Gasteiger partial charge in [0, 0.05) is 17.1 Å². The van der Waals surface area contributed by atoms with E-state index >= 15 is 0 Å². The highest BCUT2D eigenvalue weighted by Crippen LogP contribution is 2.33. The number of nitrogens with one attached hydrogen (secondary N) is 1. The molecular weight excluding hydrogens is 404 g/mol. The van der Waals surface area contributed by atoms with Crippen LogP contribution in [0.1, 0.15) is 42.7 Å². The van der Waals surface area contributed by atoms with Crippen LogP contribution in [-0.2, 0) is 6.18 Å². The van der Waals surface area contributed by atoms with E-state index in [0.29, 0.717) is 22.5 Å². The Balaban J connectivity index is 0.00000364. The van der Waals surface area contributed by atoms with Gasteiger partial charge in [0.05, 0.1) is 17.4 Å². The lowest BCUT2D eigenvalue weighted by atomic mass is 9.94. The quantitative estimate of drug-likeness (QED) is 0.728. The van der Waals surface area contributed by atoms with Crippen LogP contribution in [-0.4, -0.2) is 27.8 Å². The van der Waals surface area contributed by atoms with E-state index in [2.05, 4.69) is 10.4 Å². The van der Waals surface area contributed by atoms with Crippen molar-refractivity contribution in [3.63, 3.8) is 0 Å². The zero-order valence-corrected chi connectivity index (χ0v) is 16.4. The average Bonchev–Trinajstić information content (AvgIpc) is 3.05. The second-order valence-corrected chi connectivity index (χ2v) is 6.48. The molecule has 1 heterocycles. The second-order valence-electron chi connectivity index (χ2n) is 6.04. The van der Waals surface area contributed by atoms with Crippen molar-refractivity contribution in [1.29, 1.82) is 0 Å². The summed E-state index contributed by atoms with van der Waals surface area (Å²) in [4.78, 5) is 12.3. The predicted octanol–water partition coefficient (Wildman–Crippen LogP) is 4.21. The molecule has 3 N–H and O–H groups in total. The normalized spacial score (nSPS) is 11.8. The van der Waals surface area contributed by atoms with Gasteiger partial charge in [0.15, 0.2) is 5.69 Å². The van der Waals surface area contributed by atoms with E-state index in [9.17, 15) is 18.0 Å². The number of nitrogens with two attached hydrogens (primary N) is 1. The van der Waals surface area contributed by atoms with Crippen molar-refractivity contribution < 1.29 is 18.0 Å². The summed E-state index contributed by atoms with van der Waals surface area (Å²) in [6.45, 7) is 3.78. The predicted molar refractivity (Wildman–Crippen MR) is 101 cm³/mol. The van der Waals surface area contributed by atoms with Crippen molar-refractivity contribution >= 4 is 29.9 Å². The molecule has 0 unspecified atom stereocenters. The maximum absolute atomic E-state index is 13.6. The molecule has 2 aromatic rings. The summed E-state index contributed by atoms with van der Waals surface area (Å²) < 4.78 is 41.4. The van der Waals surface area contributed by atoms with Crippen LogP contribution in [0.4, 0.5) is 13.2 Å². The number of halogens is 5. The Morgan fingerprint density at radius 2 is 1.78 bits per heavy atom. The van der Waals surface area contributed by atoms with E-state index < -0.39 is 28.9 Å². The van der Waals surface area contributed by atoms with Crippen LogP contribution < -0.4 is 11.1 Å². The van der Waals surface area contributed by atoms with E-state index in [1.54, 1.807) is 0 Å². The summed E-state index contributed by atoms with van der Waals surface area (Å²) >= 11 is 5.77. The smallest absolute Gasteiger partial charge is 0.350 e. The zero-order chi connectivity index (χ0) is 19.5. The van der Waals surface area contributed by atoms with Gasteiger partial charge in [-0.1, -0.05) is 25.4 Å². The first-order valence-corrected chi connectivity index (χ1v) is 8.47. The second kappa shape index (κ2) is 8.95. The minimum Gasteiger partial charge on any atom is -0.350 e. The van der Waals surface area contributed by atoms with Gasteiger partial charge in [0.25, 0.3) is 5.91 Å². The highest BCUT2D eigenvalue weighted by atomic mass is 35.5. The Bertz CT molecular complexity index is 771. The lowest BCUT2D eigenvalue weighted by molar-refractivity contribution is -0.143. The molecule has 0 aliphatic rings. The van der Waals surface area contributed by atoms with Crippen molar-refractivity contribution in [1.82, 2.24) is 15.1 Å². The average molecular weight is 425 g/mol. The van der Waals surface area contributed by atoms with Crippen LogP contribution in [0.3, 0.4) is 0 Å². The third-order valence-electron chi connectivity index (χ3n) is 4.36. The Morgan fingerprint density at radius 3 is 2.26 bits per heavy atom. The zero-order valence-electron chi connectivity index (χ0n) is 14.8. The van der Waals surface area contributed by atoms with Crippen LogP contribution in [0.25, 0.3) is 5.69 Å². The monoisotopic (exact) mass is 424 g/mol. The molecule has 0 radical (unpaired) electrons. The lowest BCUT2D eigenvalue weighted by Gasteiger charge is -2.26. The molecule has 0 aliphatic carbocycles. The summed E-state index contributed by atoms with van der Waals surface area (Å²) in [6, 6.07) is 5.68. The van der Waals surface area contributed by atoms with Gasteiger partial charge in [0.2, 0.25) is 0 Å². The fraction of sp³-hybridized carbons (Fsp3) is 0.412. The molecule has 150 valence electrons. The van der Waals surface area contributed by atoms with Gasteiger partial charge < -0.3 is 11.1 Å². The van der Waals surface area contributed by atoms with Gasteiger partial charge in [-0.05, 0) is 37.1 Å². The number of nitrogens with zero attached hydrogens (tertiary/aromatic N) is 2. The number of hydrogen-bond donors (Lipinski definition) is 2. The van der Waals surface area contributed by atoms with Gasteiger partial charge in [-0.3, -0.25) is 4.79 Å². The molecule has 1 aromatic heterocycles. The van der Waals surface area contributed by atoms with E-state index in [1.165, 1.54) is 24.3 Å². The molecule has 1 aromatic carbocycles. The summed E-state index contributed by atoms with van der Waals surface area (Å²) in [7, 11) is 0. The summed E-state index contributed by atoms with van der Waals surface area (Å²) in [6.07, 6.45) is -2.69. The van der Waals surface area contributed by atoms with E-state index in [0.717, 1.165) is 6.20 Å². The topological polar surface area (TPSA) is 72.9 Å². The van der Waals surface area contributed by atoms with Crippen LogP contribution in [0.15, 0.2) is 30.5 Å². The van der Waals surface area contributed by atoms with Crippen LogP contribution in [0, 0.1) is 0 Å². The molecule has 5 nitrogen and oxygen atoms in total. The molecule has 0 fully saturated rings. The first kappa shape index (κ1) is 23.3. The Labute approximate surface area is 166 Å². The van der Waals surface area contributed by atoms with Gasteiger partial charge in [-0.25, -0.2) is 4.68 Å². The van der Waals surface area contributed by atoms with Crippen LogP contribution in [0.5, 0.6) is 0 Å². The van der Waals surface area contributed by atoms with Crippen LogP contribution >= 0.6 is 24.0 Å². The van der Waals surface area contributed by atoms with Crippen molar-refractivity contribution in [2.75, 3.05) is 6.54 Å². The van der Waals surface area contributed by atoms with Crippen molar-refractivity contribution in [2.45, 2.75) is 38.4 Å². The maximum atomic E-state index is 13.6. The molecule has 0 bridgehead atoms. The molecule has 1 amide bonds.